The Morgan fingerprint density at radius 1 is 0.907 bits per heavy atom. The third-order valence-corrected chi connectivity index (χ3v) is 7.03. The number of aryl methyl sites for hydroxylation is 1. The number of aromatic amines is 1. The molecule has 12 nitrogen and oxygen atoms in total. The van der Waals surface area contributed by atoms with Crippen molar-refractivity contribution in [3.05, 3.63) is 42.0 Å². The number of unbranched alkanes of at least 4 members (excludes halogenated alkanes) is 7. The quantitative estimate of drug-likeness (QED) is 0.0572. The SMILES string of the molecule is CCCCCCCCOS(=O)(=O)[O-].CCCCOC(=O)C(C(=O)OCc1ccc2c(c1)OCO2)c1[nH]cc[n+]1CCCC. The summed E-state index contributed by atoms with van der Waals surface area (Å²) >= 11 is 0. The highest BCUT2D eigenvalue weighted by Gasteiger charge is 2.40. The van der Waals surface area contributed by atoms with Crippen LogP contribution in [-0.4, -0.2) is 49.9 Å². The lowest BCUT2D eigenvalue weighted by Gasteiger charge is -2.13. The van der Waals surface area contributed by atoms with E-state index >= 15 is 0 Å². The van der Waals surface area contributed by atoms with Crippen molar-refractivity contribution < 1.29 is 50.3 Å². The Morgan fingerprint density at radius 2 is 1.58 bits per heavy atom. The molecule has 0 saturated heterocycles. The summed E-state index contributed by atoms with van der Waals surface area (Å²) in [5.74, 6) is -0.677. The summed E-state index contributed by atoms with van der Waals surface area (Å²) in [4.78, 5) is 28.7. The number of rotatable bonds is 19. The van der Waals surface area contributed by atoms with Crippen LogP contribution in [0.15, 0.2) is 30.6 Å². The number of fused-ring (bicyclic) bond motifs is 1. The molecule has 1 N–H and O–H groups in total. The average molecular weight is 627 g/mol. The van der Waals surface area contributed by atoms with Gasteiger partial charge in [0.2, 0.25) is 17.2 Å². The number of hydrogen-bond acceptors (Lipinski definition) is 10. The third-order valence-electron chi connectivity index (χ3n) is 6.58. The van der Waals surface area contributed by atoms with E-state index in [-0.39, 0.29) is 26.6 Å². The molecule has 1 atom stereocenters. The number of esters is 2. The molecular formula is C30H46N2O10S. The number of carbonyl (C=O) groups excluding carboxylic acids is 2. The molecule has 0 bridgehead atoms. The number of imidazole rings is 1. The van der Waals surface area contributed by atoms with Crippen LogP contribution in [0, 0.1) is 0 Å². The third kappa shape index (κ3) is 13.8. The molecule has 1 aromatic carbocycles. The summed E-state index contributed by atoms with van der Waals surface area (Å²) in [6.07, 6.45) is 13.3. The Labute approximate surface area is 255 Å². The van der Waals surface area contributed by atoms with E-state index in [2.05, 4.69) is 23.0 Å². The fourth-order valence-electron chi connectivity index (χ4n) is 4.18. The van der Waals surface area contributed by atoms with E-state index in [1.807, 2.05) is 17.7 Å². The number of H-pyrrole nitrogens is 1. The summed E-state index contributed by atoms with van der Waals surface area (Å²) < 4.78 is 57.4. The van der Waals surface area contributed by atoms with Gasteiger partial charge in [0.1, 0.15) is 19.0 Å². The van der Waals surface area contributed by atoms with Crippen molar-refractivity contribution in [3.63, 3.8) is 0 Å². The maximum absolute atomic E-state index is 12.9. The summed E-state index contributed by atoms with van der Waals surface area (Å²) in [6.45, 7) is 7.42. The van der Waals surface area contributed by atoms with E-state index in [4.69, 9.17) is 18.9 Å². The Hall–Kier alpha value is -3.16. The highest BCUT2D eigenvalue weighted by atomic mass is 32.3. The van der Waals surface area contributed by atoms with Gasteiger partial charge in [-0.05, 0) is 37.0 Å². The van der Waals surface area contributed by atoms with E-state index in [0.717, 1.165) is 44.1 Å². The van der Waals surface area contributed by atoms with Gasteiger partial charge in [-0.3, -0.25) is 13.8 Å². The Balaban J connectivity index is 0.000000420. The smallest absolute Gasteiger partial charge is 0.333 e. The topological polar surface area (TPSA) is 157 Å². The summed E-state index contributed by atoms with van der Waals surface area (Å²) in [6, 6.07) is 5.33. The first-order chi connectivity index (χ1) is 20.7. The molecule has 0 radical (unpaired) electrons. The zero-order valence-corrected chi connectivity index (χ0v) is 26.3. The van der Waals surface area contributed by atoms with Crippen molar-refractivity contribution in [2.45, 2.75) is 104 Å². The van der Waals surface area contributed by atoms with E-state index < -0.39 is 28.3 Å². The molecule has 0 fully saturated rings. The van der Waals surface area contributed by atoms with Gasteiger partial charge in [0.25, 0.3) is 11.7 Å². The van der Waals surface area contributed by atoms with Crippen LogP contribution < -0.4 is 14.0 Å². The number of nitrogens with zero attached hydrogens (tertiary/aromatic N) is 1. The molecule has 242 valence electrons. The molecule has 43 heavy (non-hydrogen) atoms. The van der Waals surface area contributed by atoms with Gasteiger partial charge >= 0.3 is 11.9 Å². The van der Waals surface area contributed by atoms with Gasteiger partial charge in [0, 0.05) is 0 Å². The summed E-state index contributed by atoms with van der Waals surface area (Å²) in [5.41, 5.74) is 0.746. The molecule has 1 aromatic heterocycles. The van der Waals surface area contributed by atoms with Gasteiger partial charge in [-0.2, -0.15) is 0 Å². The highest BCUT2D eigenvalue weighted by molar-refractivity contribution is 7.80. The Morgan fingerprint density at radius 3 is 2.30 bits per heavy atom. The van der Waals surface area contributed by atoms with Crippen LogP contribution in [0.1, 0.15) is 102 Å². The number of hydrogen-bond donors (Lipinski definition) is 1. The minimum atomic E-state index is -4.47. The molecule has 13 heteroatoms. The van der Waals surface area contributed by atoms with Crippen LogP contribution >= 0.6 is 0 Å². The molecular weight excluding hydrogens is 580 g/mol. The number of aromatic nitrogens is 2. The second-order valence-corrected chi connectivity index (χ2v) is 11.2. The lowest BCUT2D eigenvalue weighted by atomic mass is 10.1. The van der Waals surface area contributed by atoms with Crippen LogP contribution in [0.2, 0.25) is 0 Å². The second kappa shape index (κ2) is 19.9. The van der Waals surface area contributed by atoms with Crippen molar-refractivity contribution in [2.75, 3.05) is 20.0 Å². The normalized spacial score (nSPS) is 12.7. The number of carbonyl (C=O) groups is 2. The van der Waals surface area contributed by atoms with Crippen molar-refractivity contribution >= 4 is 22.3 Å². The van der Waals surface area contributed by atoms with Crippen molar-refractivity contribution in [1.29, 1.82) is 0 Å². The first kappa shape index (κ1) is 36.0. The fraction of sp³-hybridized carbons (Fsp3) is 0.633. The van der Waals surface area contributed by atoms with Crippen LogP contribution in [0.3, 0.4) is 0 Å². The van der Waals surface area contributed by atoms with E-state index in [0.29, 0.717) is 30.3 Å². The van der Waals surface area contributed by atoms with Gasteiger partial charge in [0.05, 0.1) is 19.8 Å². The molecule has 2 aromatic rings. The number of ether oxygens (including phenoxy) is 4. The van der Waals surface area contributed by atoms with Gasteiger partial charge in [0.15, 0.2) is 11.5 Å². The molecule has 1 unspecified atom stereocenters. The van der Waals surface area contributed by atoms with Gasteiger partial charge < -0.3 is 23.5 Å². The van der Waals surface area contributed by atoms with Crippen molar-refractivity contribution in [2.24, 2.45) is 0 Å². The average Bonchev–Trinajstić information content (AvgIpc) is 3.64. The standard InChI is InChI=1S/C22H28N2O6.C8H18O4S/c1-3-5-10-24-11-9-23-20(24)19(21(25)27-12-6-4-2)22(26)28-14-16-7-8-17-18(13-16)30-15-29-17;1-2-3-4-5-6-7-8-12-13(9,10)11/h7-9,11,13,19H,3-6,10,12,14-15H2,1-2H3;2-8H2,1H3,(H,9,10,11). The van der Waals surface area contributed by atoms with Crippen LogP contribution in [-0.2, 0) is 46.8 Å². The lowest BCUT2D eigenvalue weighted by molar-refractivity contribution is -0.703. The summed E-state index contributed by atoms with van der Waals surface area (Å²) in [5, 5.41) is 0. The van der Waals surface area contributed by atoms with Crippen molar-refractivity contribution in [1.82, 2.24) is 4.98 Å². The predicted octanol–water partition coefficient (Wildman–Crippen LogP) is 4.83. The first-order valence-corrected chi connectivity index (χ1v) is 16.4. The van der Waals surface area contributed by atoms with Crippen LogP contribution in [0.25, 0.3) is 0 Å². The predicted molar refractivity (Wildman–Crippen MR) is 156 cm³/mol. The number of benzene rings is 1. The maximum Gasteiger partial charge on any atom is 0.333 e. The molecule has 0 spiro atoms. The van der Waals surface area contributed by atoms with Gasteiger partial charge in [-0.1, -0.05) is 71.8 Å². The minimum Gasteiger partial charge on any atom is -0.726 e. The molecule has 2 heterocycles. The molecule has 3 rings (SSSR count). The molecule has 1 aliphatic heterocycles. The molecule has 0 saturated carbocycles. The highest BCUT2D eigenvalue weighted by Crippen LogP contribution is 2.32. The molecule has 0 amide bonds. The Bertz CT molecular complexity index is 1220. The van der Waals surface area contributed by atoms with Crippen molar-refractivity contribution in [3.8, 4) is 11.5 Å². The van der Waals surface area contributed by atoms with Crippen LogP contribution in [0.5, 0.6) is 11.5 Å². The second-order valence-electron chi connectivity index (χ2n) is 10.1. The van der Waals surface area contributed by atoms with Gasteiger partial charge in [-0.25, -0.2) is 18.0 Å². The minimum absolute atomic E-state index is 0.0177. The molecule has 1 aliphatic rings. The van der Waals surface area contributed by atoms with Gasteiger partial charge in [-0.15, -0.1) is 0 Å². The number of nitrogens with one attached hydrogen (secondary N) is 1. The first-order valence-electron chi connectivity index (χ1n) is 15.1. The monoisotopic (exact) mass is 626 g/mol. The van der Waals surface area contributed by atoms with E-state index in [1.165, 1.54) is 19.3 Å². The van der Waals surface area contributed by atoms with E-state index in [9.17, 15) is 22.6 Å². The molecule has 0 aliphatic carbocycles. The van der Waals surface area contributed by atoms with Crippen LogP contribution in [0.4, 0.5) is 0 Å². The maximum atomic E-state index is 12.9. The zero-order chi connectivity index (χ0) is 31.5. The lowest BCUT2D eigenvalue weighted by Crippen LogP contribution is -2.42. The zero-order valence-electron chi connectivity index (χ0n) is 25.5. The van der Waals surface area contributed by atoms with E-state index in [1.54, 1.807) is 24.4 Å². The Kier molecular flexibility index (Phi) is 16.7. The largest absolute Gasteiger partial charge is 0.726 e. The summed E-state index contributed by atoms with van der Waals surface area (Å²) in [7, 11) is -4.47. The fourth-order valence-corrected chi connectivity index (χ4v) is 4.50.